The highest BCUT2D eigenvalue weighted by Gasteiger charge is 2.33. The molecule has 2 aliphatic carbocycles. The first-order valence-electron chi connectivity index (χ1n) is 12.1. The lowest BCUT2D eigenvalue weighted by atomic mass is 10.0. The Bertz CT molecular complexity index is 580. The summed E-state index contributed by atoms with van der Waals surface area (Å²) in [6.45, 7) is 2.30. The van der Waals surface area contributed by atoms with Crippen LogP contribution >= 0.6 is 0 Å². The zero-order valence-corrected chi connectivity index (χ0v) is 17.8. The number of unbranched alkanes of at least 4 members (excludes halogenated alkanes) is 14. The molecule has 0 spiro atoms. The van der Waals surface area contributed by atoms with Gasteiger partial charge in [0.15, 0.2) is 0 Å². The maximum absolute atomic E-state index is 2.43. The van der Waals surface area contributed by atoms with Crippen molar-refractivity contribution >= 4 is 6.08 Å². The average molecular weight is 366 g/mol. The maximum atomic E-state index is 2.43. The second kappa shape index (κ2) is 11.7. The second-order valence-electron chi connectivity index (χ2n) is 8.93. The Balaban J connectivity index is 1.07. The first-order chi connectivity index (χ1) is 13.4. The van der Waals surface area contributed by atoms with E-state index in [1.165, 1.54) is 114 Å². The van der Waals surface area contributed by atoms with Crippen molar-refractivity contribution in [2.45, 2.75) is 116 Å². The average Bonchev–Trinajstić information content (AvgIpc) is 3.13. The van der Waals surface area contributed by atoms with Gasteiger partial charge in [-0.2, -0.15) is 0 Å². The summed E-state index contributed by atoms with van der Waals surface area (Å²) in [5.74, 6) is 0.805. The van der Waals surface area contributed by atoms with Gasteiger partial charge in [-0.1, -0.05) is 128 Å². The summed E-state index contributed by atoms with van der Waals surface area (Å²) < 4.78 is 0. The van der Waals surface area contributed by atoms with Gasteiger partial charge in [0.05, 0.1) is 0 Å². The van der Waals surface area contributed by atoms with Crippen LogP contribution in [0.5, 0.6) is 0 Å². The summed E-state index contributed by atoms with van der Waals surface area (Å²) in [5, 5.41) is 0. The van der Waals surface area contributed by atoms with Crippen LogP contribution < -0.4 is 0 Å². The van der Waals surface area contributed by atoms with Gasteiger partial charge in [0.1, 0.15) is 0 Å². The highest BCUT2D eigenvalue weighted by atomic mass is 14.4. The fraction of sp³-hybridized carbons (Fsp3) is 0.667. The lowest BCUT2D eigenvalue weighted by Crippen LogP contribution is -1.84. The van der Waals surface area contributed by atoms with Crippen molar-refractivity contribution in [1.82, 2.24) is 0 Å². The number of hydrogen-bond acceptors (Lipinski definition) is 0. The number of allylic oxidation sites excluding steroid dienone is 1. The van der Waals surface area contributed by atoms with Crippen molar-refractivity contribution in [3.8, 4) is 0 Å². The molecule has 1 atom stereocenters. The van der Waals surface area contributed by atoms with Gasteiger partial charge >= 0.3 is 0 Å². The minimum atomic E-state index is 0.805. The van der Waals surface area contributed by atoms with Crippen molar-refractivity contribution in [3.63, 3.8) is 0 Å². The standard InChI is InChI=1S/C27H41/c1-2-3-4-5-6-7-8-9-10-11-12-13-14-15-16-20-25-26-21-23-18-17-19-24(23)22-27(25)26/h17-19,21-22,25H,2-16,20H2,1H3. The van der Waals surface area contributed by atoms with Crippen molar-refractivity contribution in [2.24, 2.45) is 0 Å². The Morgan fingerprint density at radius 3 is 1.63 bits per heavy atom. The fourth-order valence-electron chi connectivity index (χ4n) is 4.75. The molecule has 0 saturated carbocycles. The van der Waals surface area contributed by atoms with Crippen molar-refractivity contribution < 1.29 is 0 Å². The minimum Gasteiger partial charge on any atom is -0.0755 e. The number of hydrogen-bond donors (Lipinski definition) is 0. The molecule has 0 aromatic heterocycles. The maximum Gasteiger partial charge on any atom is 0.0131 e. The second-order valence-corrected chi connectivity index (χ2v) is 8.93. The van der Waals surface area contributed by atoms with E-state index < -0.39 is 0 Å². The first kappa shape index (κ1) is 20.7. The van der Waals surface area contributed by atoms with Crippen LogP contribution in [0.4, 0.5) is 0 Å². The summed E-state index contributed by atoms with van der Waals surface area (Å²) in [7, 11) is 0. The molecule has 27 heavy (non-hydrogen) atoms. The molecule has 0 N–H and O–H groups in total. The minimum absolute atomic E-state index is 0.805. The smallest absolute Gasteiger partial charge is 0.0131 e. The van der Waals surface area contributed by atoms with E-state index in [0.717, 1.165) is 5.92 Å². The predicted octanol–water partition coefficient (Wildman–Crippen LogP) is 8.97. The lowest BCUT2D eigenvalue weighted by Gasteiger charge is -2.03. The lowest BCUT2D eigenvalue weighted by molar-refractivity contribution is 0.529. The molecule has 0 fully saturated rings. The molecule has 0 heteroatoms. The molecule has 1 unspecified atom stereocenters. The van der Waals surface area contributed by atoms with Gasteiger partial charge in [-0.3, -0.25) is 0 Å². The van der Waals surface area contributed by atoms with Crippen LogP contribution in [0.25, 0.3) is 6.08 Å². The molecule has 3 rings (SSSR count). The molecule has 1 radical (unpaired) electrons. The summed E-state index contributed by atoms with van der Waals surface area (Å²) >= 11 is 0. The number of benzene rings is 1. The van der Waals surface area contributed by atoms with Crippen LogP contribution in [0.2, 0.25) is 0 Å². The quantitative estimate of drug-likeness (QED) is 0.256. The van der Waals surface area contributed by atoms with Gasteiger partial charge in [-0.05, 0) is 28.7 Å². The molecule has 0 nitrogen and oxygen atoms in total. The van der Waals surface area contributed by atoms with E-state index in [2.05, 4.69) is 37.6 Å². The van der Waals surface area contributed by atoms with Crippen LogP contribution in [0.3, 0.4) is 0 Å². The van der Waals surface area contributed by atoms with Gasteiger partial charge in [0.2, 0.25) is 0 Å². The first-order valence-corrected chi connectivity index (χ1v) is 12.1. The molecular formula is C27H41. The van der Waals surface area contributed by atoms with Crippen LogP contribution in [0.15, 0.2) is 18.2 Å². The van der Waals surface area contributed by atoms with Crippen molar-refractivity contribution in [1.29, 1.82) is 0 Å². The fourth-order valence-corrected chi connectivity index (χ4v) is 4.75. The van der Waals surface area contributed by atoms with Gasteiger partial charge < -0.3 is 0 Å². The van der Waals surface area contributed by atoms with Crippen LogP contribution in [0.1, 0.15) is 138 Å². The van der Waals surface area contributed by atoms with Crippen LogP contribution in [0, 0.1) is 6.42 Å². The molecule has 0 amide bonds. The van der Waals surface area contributed by atoms with E-state index in [1.807, 2.05) is 0 Å². The molecule has 2 aliphatic rings. The Hall–Kier alpha value is -1.04. The van der Waals surface area contributed by atoms with Crippen LogP contribution in [-0.4, -0.2) is 0 Å². The molecule has 0 bridgehead atoms. The molecule has 1 aromatic rings. The topological polar surface area (TPSA) is 0 Å². The third-order valence-electron chi connectivity index (χ3n) is 6.60. The Labute approximate surface area is 168 Å². The van der Waals surface area contributed by atoms with E-state index in [9.17, 15) is 0 Å². The highest BCUT2D eigenvalue weighted by molar-refractivity contribution is 5.71. The Morgan fingerprint density at radius 2 is 1.07 bits per heavy atom. The normalized spacial score (nSPS) is 16.6. The van der Waals surface area contributed by atoms with Crippen molar-refractivity contribution in [2.75, 3.05) is 0 Å². The third kappa shape index (κ3) is 6.81. The Morgan fingerprint density at radius 1 is 0.593 bits per heavy atom. The molecule has 0 saturated heterocycles. The summed E-state index contributed by atoms with van der Waals surface area (Å²) in [5.41, 5.74) is 6.15. The molecule has 0 aliphatic heterocycles. The van der Waals surface area contributed by atoms with Gasteiger partial charge in [0, 0.05) is 12.3 Å². The van der Waals surface area contributed by atoms with E-state index in [-0.39, 0.29) is 0 Å². The van der Waals surface area contributed by atoms with Gasteiger partial charge in [0.25, 0.3) is 0 Å². The van der Waals surface area contributed by atoms with E-state index in [4.69, 9.17) is 0 Å². The Kier molecular flexibility index (Phi) is 8.98. The third-order valence-corrected chi connectivity index (χ3v) is 6.60. The molecular weight excluding hydrogens is 324 g/mol. The van der Waals surface area contributed by atoms with Crippen LogP contribution in [-0.2, 0) is 0 Å². The summed E-state index contributed by atoms with van der Waals surface area (Å²) in [4.78, 5) is 0. The molecule has 0 heterocycles. The van der Waals surface area contributed by atoms with Gasteiger partial charge in [-0.25, -0.2) is 0 Å². The van der Waals surface area contributed by atoms with E-state index in [0.29, 0.717) is 0 Å². The number of rotatable bonds is 16. The monoisotopic (exact) mass is 365 g/mol. The molecule has 149 valence electrons. The van der Waals surface area contributed by atoms with E-state index in [1.54, 1.807) is 11.1 Å². The zero-order valence-electron chi connectivity index (χ0n) is 17.8. The van der Waals surface area contributed by atoms with Gasteiger partial charge in [-0.15, -0.1) is 0 Å². The summed E-state index contributed by atoms with van der Waals surface area (Å²) in [6, 6.07) is 4.86. The molecule has 1 aromatic carbocycles. The highest BCUT2D eigenvalue weighted by Crippen LogP contribution is 2.49. The van der Waals surface area contributed by atoms with E-state index >= 15 is 0 Å². The summed E-state index contributed by atoms with van der Waals surface area (Å²) in [6.07, 6.45) is 29.9. The predicted molar refractivity (Wildman–Crippen MR) is 120 cm³/mol. The zero-order chi connectivity index (χ0) is 18.7. The largest absolute Gasteiger partial charge is 0.0755 e. The van der Waals surface area contributed by atoms with Crippen molar-refractivity contribution in [3.05, 3.63) is 46.9 Å². The SMILES string of the molecule is CCCCCCCCCCCCCCCCCC1c2cc3c(cc21)C=C[CH]3. The number of fused-ring (bicyclic) bond motifs is 2.